The highest BCUT2D eigenvalue weighted by Gasteiger charge is 2.26. The summed E-state index contributed by atoms with van der Waals surface area (Å²) < 4.78 is 16.1. The van der Waals surface area contributed by atoms with Crippen LogP contribution in [-0.2, 0) is 0 Å². The molecule has 1 aliphatic rings. The molecule has 2 nitrogen and oxygen atoms in total. The summed E-state index contributed by atoms with van der Waals surface area (Å²) in [7, 11) is 1.93. The molecule has 0 saturated carbocycles. The van der Waals surface area contributed by atoms with Crippen LogP contribution in [0.3, 0.4) is 0 Å². The van der Waals surface area contributed by atoms with E-state index in [1.54, 1.807) is 6.07 Å². The van der Waals surface area contributed by atoms with Gasteiger partial charge in [-0.15, -0.1) is 0 Å². The Kier molecular flexibility index (Phi) is 3.28. The molecule has 0 fully saturated rings. The molecule has 1 heterocycles. The van der Waals surface area contributed by atoms with Crippen molar-refractivity contribution >= 4 is 33.6 Å². The van der Waals surface area contributed by atoms with Crippen molar-refractivity contribution in [2.45, 2.75) is 11.0 Å². The van der Waals surface area contributed by atoms with Crippen LogP contribution in [0.2, 0.25) is 0 Å². The molecule has 19 heavy (non-hydrogen) atoms. The highest BCUT2D eigenvalue weighted by Crippen LogP contribution is 2.44. The van der Waals surface area contributed by atoms with Crippen LogP contribution in [0.25, 0.3) is 0 Å². The van der Waals surface area contributed by atoms with E-state index < -0.39 is 6.10 Å². The summed E-state index contributed by atoms with van der Waals surface area (Å²) in [5.41, 5.74) is 2.33. The van der Waals surface area contributed by atoms with E-state index in [1.807, 2.05) is 35.6 Å². The van der Waals surface area contributed by atoms with Crippen LogP contribution in [0.1, 0.15) is 17.2 Å². The lowest BCUT2D eigenvalue weighted by atomic mass is 10.00. The molecule has 0 saturated heterocycles. The summed E-state index contributed by atoms with van der Waals surface area (Å²) in [6.07, 6.45) is -0.814. The van der Waals surface area contributed by atoms with Gasteiger partial charge in [0.15, 0.2) is 0 Å². The summed E-state index contributed by atoms with van der Waals surface area (Å²) in [6, 6.07) is 10.7. The van der Waals surface area contributed by atoms with E-state index in [4.69, 9.17) is 0 Å². The smallest absolute Gasteiger partial charge is 0.137 e. The average molecular weight is 340 g/mol. The number of para-hydroxylation sites is 1. The van der Waals surface area contributed by atoms with Gasteiger partial charge in [-0.05, 0) is 46.1 Å². The Balaban J connectivity index is 2.23. The third-order valence-corrected chi connectivity index (χ3v) is 4.78. The third-order valence-electron chi connectivity index (χ3n) is 3.15. The number of benzene rings is 2. The number of nitrogens with zero attached hydrogens (tertiary/aromatic N) is 1. The largest absolute Gasteiger partial charge is 0.384 e. The molecule has 3 rings (SSSR count). The van der Waals surface area contributed by atoms with E-state index in [-0.39, 0.29) is 5.82 Å². The van der Waals surface area contributed by atoms with Crippen LogP contribution < -0.4 is 4.31 Å². The maximum atomic E-state index is 13.7. The third kappa shape index (κ3) is 2.16. The van der Waals surface area contributed by atoms with E-state index in [2.05, 4.69) is 15.9 Å². The SMILES string of the molecule is CN1Sc2cc(Br)c(F)cc2C(O)c2ccccc21. The summed E-state index contributed by atoms with van der Waals surface area (Å²) >= 11 is 4.66. The van der Waals surface area contributed by atoms with Crippen molar-refractivity contribution in [1.29, 1.82) is 0 Å². The van der Waals surface area contributed by atoms with Gasteiger partial charge in [-0.1, -0.05) is 18.2 Å². The van der Waals surface area contributed by atoms with Gasteiger partial charge in [0.1, 0.15) is 11.9 Å². The molecule has 0 spiro atoms. The summed E-state index contributed by atoms with van der Waals surface area (Å²) in [5, 5.41) is 10.5. The van der Waals surface area contributed by atoms with Crippen molar-refractivity contribution in [3.8, 4) is 0 Å². The van der Waals surface area contributed by atoms with Gasteiger partial charge in [-0.25, -0.2) is 4.39 Å². The lowest BCUT2D eigenvalue weighted by Crippen LogP contribution is -2.07. The molecule has 0 radical (unpaired) electrons. The van der Waals surface area contributed by atoms with Crippen molar-refractivity contribution in [1.82, 2.24) is 0 Å². The molecular weight excluding hydrogens is 329 g/mol. The molecule has 1 atom stereocenters. The van der Waals surface area contributed by atoms with E-state index in [1.165, 1.54) is 18.0 Å². The molecule has 1 aliphatic heterocycles. The maximum absolute atomic E-state index is 13.7. The molecular formula is C14H11BrFNOS. The van der Waals surface area contributed by atoms with Gasteiger partial charge in [0.25, 0.3) is 0 Å². The zero-order valence-corrected chi connectivity index (χ0v) is 12.5. The van der Waals surface area contributed by atoms with E-state index in [9.17, 15) is 9.50 Å². The van der Waals surface area contributed by atoms with Crippen LogP contribution in [-0.4, -0.2) is 12.2 Å². The number of halogens is 2. The molecule has 0 aromatic heterocycles. The minimum Gasteiger partial charge on any atom is -0.384 e. The van der Waals surface area contributed by atoms with Crippen LogP contribution >= 0.6 is 27.9 Å². The van der Waals surface area contributed by atoms with Crippen molar-refractivity contribution in [2.24, 2.45) is 0 Å². The first-order valence-electron chi connectivity index (χ1n) is 5.75. The van der Waals surface area contributed by atoms with Gasteiger partial charge >= 0.3 is 0 Å². The van der Waals surface area contributed by atoms with Gasteiger partial charge in [0, 0.05) is 23.1 Å². The van der Waals surface area contributed by atoms with Crippen molar-refractivity contribution in [3.63, 3.8) is 0 Å². The Morgan fingerprint density at radius 3 is 2.79 bits per heavy atom. The second kappa shape index (κ2) is 4.81. The fourth-order valence-electron chi connectivity index (χ4n) is 2.21. The van der Waals surface area contributed by atoms with Gasteiger partial charge < -0.3 is 9.41 Å². The van der Waals surface area contributed by atoms with E-state index >= 15 is 0 Å². The van der Waals surface area contributed by atoms with Gasteiger partial charge in [0.05, 0.1) is 10.2 Å². The fourth-order valence-corrected chi connectivity index (χ4v) is 3.71. The normalized spacial score (nSPS) is 17.7. The highest BCUT2D eigenvalue weighted by molar-refractivity contribution is 9.10. The Morgan fingerprint density at radius 2 is 2.00 bits per heavy atom. The Hall–Kier alpha value is -1.04. The minimum absolute atomic E-state index is 0.361. The van der Waals surface area contributed by atoms with E-state index in [0.29, 0.717) is 10.0 Å². The molecule has 2 aromatic rings. The quantitative estimate of drug-likeness (QED) is 0.730. The number of hydrogen-bond donors (Lipinski definition) is 1. The predicted octanol–water partition coefficient (Wildman–Crippen LogP) is 4.13. The zero-order chi connectivity index (χ0) is 13.6. The molecule has 1 N–H and O–H groups in total. The summed E-state index contributed by atoms with van der Waals surface area (Å²) in [4.78, 5) is 0.847. The maximum Gasteiger partial charge on any atom is 0.137 e. The Morgan fingerprint density at radius 1 is 1.26 bits per heavy atom. The van der Waals surface area contributed by atoms with Crippen LogP contribution in [0.15, 0.2) is 45.8 Å². The Bertz CT molecular complexity index is 649. The van der Waals surface area contributed by atoms with E-state index in [0.717, 1.165) is 16.1 Å². The molecule has 0 bridgehead atoms. The second-order valence-electron chi connectivity index (χ2n) is 4.35. The van der Waals surface area contributed by atoms with Crippen LogP contribution in [0.4, 0.5) is 10.1 Å². The topological polar surface area (TPSA) is 23.5 Å². The van der Waals surface area contributed by atoms with Crippen molar-refractivity contribution in [3.05, 3.63) is 57.8 Å². The summed E-state index contributed by atoms with van der Waals surface area (Å²) in [6.45, 7) is 0. The first-order valence-corrected chi connectivity index (χ1v) is 7.32. The lowest BCUT2D eigenvalue weighted by molar-refractivity contribution is 0.217. The number of aliphatic hydroxyl groups is 1. The molecule has 0 aliphatic carbocycles. The highest BCUT2D eigenvalue weighted by atomic mass is 79.9. The number of rotatable bonds is 0. The fraction of sp³-hybridized carbons (Fsp3) is 0.143. The van der Waals surface area contributed by atoms with Gasteiger partial charge in [0.2, 0.25) is 0 Å². The number of aliphatic hydroxyl groups excluding tert-OH is 1. The second-order valence-corrected chi connectivity index (χ2v) is 6.38. The van der Waals surface area contributed by atoms with Crippen LogP contribution in [0, 0.1) is 5.82 Å². The molecule has 0 amide bonds. The Labute approximate surface area is 123 Å². The first-order chi connectivity index (χ1) is 9.08. The standard InChI is InChI=1S/C14H11BrFNOS/c1-17-12-5-3-2-4-8(12)14(18)9-6-11(16)10(15)7-13(9)19-17/h2-7,14,18H,1H3. The molecule has 98 valence electrons. The van der Waals surface area contributed by atoms with Gasteiger partial charge in [-0.2, -0.15) is 0 Å². The summed E-state index contributed by atoms with van der Waals surface area (Å²) in [5.74, 6) is -0.361. The molecule has 1 unspecified atom stereocenters. The first kappa shape index (κ1) is 13.0. The van der Waals surface area contributed by atoms with Crippen molar-refractivity contribution < 1.29 is 9.50 Å². The number of hydrogen-bond acceptors (Lipinski definition) is 3. The van der Waals surface area contributed by atoms with Crippen LogP contribution in [0.5, 0.6) is 0 Å². The number of fused-ring (bicyclic) bond motifs is 2. The zero-order valence-electron chi connectivity index (χ0n) is 10.1. The van der Waals surface area contributed by atoms with Gasteiger partial charge in [-0.3, -0.25) is 0 Å². The molecule has 5 heteroatoms. The van der Waals surface area contributed by atoms with Crippen molar-refractivity contribution in [2.75, 3.05) is 11.4 Å². The lowest BCUT2D eigenvalue weighted by Gasteiger charge is -2.18. The molecule has 2 aromatic carbocycles. The average Bonchev–Trinajstić information content (AvgIpc) is 2.50. The number of anilines is 1. The predicted molar refractivity (Wildman–Crippen MR) is 78.9 cm³/mol. The monoisotopic (exact) mass is 339 g/mol. The minimum atomic E-state index is -0.814.